The van der Waals surface area contributed by atoms with Crippen LogP contribution in [-0.2, 0) is 19.0 Å². The first-order valence-electron chi connectivity index (χ1n) is 7.27. The van der Waals surface area contributed by atoms with Crippen molar-refractivity contribution in [2.24, 2.45) is 0 Å². The molecule has 1 heterocycles. The van der Waals surface area contributed by atoms with Crippen LogP contribution in [0.5, 0.6) is 0 Å². The van der Waals surface area contributed by atoms with Crippen LogP contribution < -0.4 is 0 Å². The van der Waals surface area contributed by atoms with Crippen molar-refractivity contribution in [3.05, 3.63) is 0 Å². The van der Waals surface area contributed by atoms with E-state index in [1.165, 1.54) is 4.90 Å². The zero-order valence-corrected chi connectivity index (χ0v) is 12.8. The van der Waals surface area contributed by atoms with E-state index in [4.69, 9.17) is 14.2 Å². The van der Waals surface area contributed by atoms with Gasteiger partial charge in [0.05, 0.1) is 12.7 Å². The molecule has 0 radical (unpaired) electrons. The van der Waals surface area contributed by atoms with E-state index < -0.39 is 17.8 Å². The monoisotopic (exact) mass is 287 g/mol. The van der Waals surface area contributed by atoms with E-state index in [1.807, 2.05) is 6.92 Å². The molecular weight excluding hydrogens is 262 g/mol. The first-order chi connectivity index (χ1) is 9.47. The fraction of sp³-hybridized carbons (Fsp3) is 0.857. The van der Waals surface area contributed by atoms with Crippen LogP contribution in [0.15, 0.2) is 0 Å². The third-order valence-electron chi connectivity index (χ3n) is 3.03. The maximum Gasteiger partial charge on any atom is 0.412 e. The van der Waals surface area contributed by atoms with Gasteiger partial charge in [0, 0.05) is 19.6 Å². The number of esters is 1. The molecule has 1 saturated heterocycles. The van der Waals surface area contributed by atoms with E-state index in [2.05, 4.69) is 0 Å². The van der Waals surface area contributed by atoms with Gasteiger partial charge in [-0.05, 0) is 33.6 Å². The third kappa shape index (κ3) is 3.62. The molecule has 0 aromatic heterocycles. The highest BCUT2D eigenvalue weighted by molar-refractivity contribution is 5.85. The van der Waals surface area contributed by atoms with Gasteiger partial charge in [0.2, 0.25) is 5.72 Å². The van der Waals surface area contributed by atoms with E-state index in [0.29, 0.717) is 32.6 Å². The van der Waals surface area contributed by atoms with Crippen LogP contribution in [0.4, 0.5) is 4.79 Å². The van der Waals surface area contributed by atoms with Crippen molar-refractivity contribution in [1.82, 2.24) is 4.90 Å². The maximum atomic E-state index is 12.4. The van der Waals surface area contributed by atoms with Crippen LogP contribution >= 0.6 is 0 Å². The van der Waals surface area contributed by atoms with Crippen LogP contribution in [0.2, 0.25) is 0 Å². The summed E-state index contributed by atoms with van der Waals surface area (Å²) in [5.74, 6) is -0.514. The van der Waals surface area contributed by atoms with E-state index >= 15 is 0 Å². The van der Waals surface area contributed by atoms with Crippen molar-refractivity contribution in [3.8, 4) is 0 Å². The van der Waals surface area contributed by atoms with E-state index in [1.54, 1.807) is 20.8 Å². The van der Waals surface area contributed by atoms with Crippen LogP contribution in [-0.4, -0.2) is 48.5 Å². The van der Waals surface area contributed by atoms with Gasteiger partial charge in [-0.2, -0.15) is 0 Å². The molecule has 0 aromatic carbocycles. The number of ether oxygens (including phenoxy) is 3. The van der Waals surface area contributed by atoms with E-state index in [0.717, 1.165) is 6.42 Å². The first-order valence-corrected chi connectivity index (χ1v) is 7.27. The van der Waals surface area contributed by atoms with Gasteiger partial charge in [-0.1, -0.05) is 6.92 Å². The highest BCUT2D eigenvalue weighted by atomic mass is 16.6. The van der Waals surface area contributed by atoms with Crippen molar-refractivity contribution >= 4 is 12.1 Å². The summed E-state index contributed by atoms with van der Waals surface area (Å²) >= 11 is 0. The summed E-state index contributed by atoms with van der Waals surface area (Å²) in [6.07, 6.45) is 1.09. The highest BCUT2D eigenvalue weighted by Crippen LogP contribution is 2.33. The fourth-order valence-electron chi connectivity index (χ4n) is 2.26. The second-order valence-corrected chi connectivity index (χ2v) is 5.04. The number of nitrogens with zero attached hydrogens (tertiary/aromatic N) is 1. The van der Waals surface area contributed by atoms with Crippen molar-refractivity contribution in [2.45, 2.75) is 58.8 Å². The molecule has 6 heteroatoms. The quantitative estimate of drug-likeness (QED) is 0.701. The molecule has 20 heavy (non-hydrogen) atoms. The topological polar surface area (TPSA) is 65.1 Å². The van der Waals surface area contributed by atoms with Gasteiger partial charge in [-0.3, -0.25) is 4.90 Å². The molecule has 0 unspecified atom stereocenters. The zero-order chi connectivity index (χ0) is 15.2. The molecule has 0 N–H and O–H groups in total. The second-order valence-electron chi connectivity index (χ2n) is 5.04. The van der Waals surface area contributed by atoms with Gasteiger partial charge in [-0.25, -0.2) is 9.59 Å². The summed E-state index contributed by atoms with van der Waals surface area (Å²) in [7, 11) is 0. The largest absolute Gasteiger partial charge is 0.459 e. The minimum atomic E-state index is -1.33. The van der Waals surface area contributed by atoms with Gasteiger partial charge in [-0.15, -0.1) is 0 Å². The van der Waals surface area contributed by atoms with Gasteiger partial charge in [0.1, 0.15) is 0 Å². The Balaban J connectivity index is 2.90. The molecule has 0 saturated carbocycles. The Labute approximate surface area is 120 Å². The van der Waals surface area contributed by atoms with Crippen LogP contribution in [0, 0.1) is 0 Å². The number of hydrogen-bond donors (Lipinski definition) is 0. The summed E-state index contributed by atoms with van der Waals surface area (Å²) < 4.78 is 16.0. The molecule has 6 nitrogen and oxygen atoms in total. The Morgan fingerprint density at radius 2 is 2.00 bits per heavy atom. The molecule has 0 aliphatic carbocycles. The number of rotatable bonds is 6. The highest BCUT2D eigenvalue weighted by Gasteiger charge is 2.53. The van der Waals surface area contributed by atoms with Crippen molar-refractivity contribution in [1.29, 1.82) is 0 Å². The molecule has 1 fully saturated rings. The van der Waals surface area contributed by atoms with Crippen molar-refractivity contribution < 1.29 is 23.8 Å². The molecule has 116 valence electrons. The fourth-order valence-corrected chi connectivity index (χ4v) is 2.26. The number of hydrogen-bond acceptors (Lipinski definition) is 5. The smallest absolute Gasteiger partial charge is 0.412 e. The first kappa shape index (κ1) is 16.8. The SMILES string of the molecule is CCCOC(=O)N1CCC[C@@]1(OCC)C(=O)OC(C)C. The molecule has 1 rings (SSSR count). The molecule has 1 aliphatic heterocycles. The van der Waals surface area contributed by atoms with Gasteiger partial charge < -0.3 is 14.2 Å². The Kier molecular flexibility index (Phi) is 6.26. The predicted molar refractivity (Wildman–Crippen MR) is 73.2 cm³/mol. The lowest BCUT2D eigenvalue weighted by Gasteiger charge is -2.35. The molecule has 0 aromatic rings. The minimum absolute atomic E-state index is 0.256. The molecule has 1 amide bonds. The Morgan fingerprint density at radius 1 is 1.30 bits per heavy atom. The summed E-state index contributed by atoms with van der Waals surface area (Å²) in [6, 6.07) is 0. The number of carbonyl (C=O) groups is 2. The average molecular weight is 287 g/mol. The van der Waals surface area contributed by atoms with Crippen LogP contribution in [0.25, 0.3) is 0 Å². The lowest BCUT2D eigenvalue weighted by atomic mass is 10.1. The molecular formula is C14H25NO5. The molecule has 0 spiro atoms. The van der Waals surface area contributed by atoms with Crippen molar-refractivity contribution in [2.75, 3.05) is 19.8 Å². The average Bonchev–Trinajstić information content (AvgIpc) is 2.80. The number of amides is 1. The Morgan fingerprint density at radius 3 is 2.55 bits per heavy atom. The normalized spacial score (nSPS) is 22.1. The lowest BCUT2D eigenvalue weighted by Crippen LogP contribution is -2.56. The van der Waals surface area contributed by atoms with Crippen LogP contribution in [0.3, 0.4) is 0 Å². The number of likely N-dealkylation sites (tertiary alicyclic amines) is 1. The molecule has 1 aliphatic rings. The standard InChI is InChI=1S/C14H25NO5/c1-5-10-18-13(17)15-9-7-8-14(15,19-6-2)12(16)20-11(3)4/h11H,5-10H2,1-4H3/t14-/m1/s1. The lowest BCUT2D eigenvalue weighted by molar-refractivity contribution is -0.195. The maximum absolute atomic E-state index is 12.4. The second kappa shape index (κ2) is 7.47. The van der Waals surface area contributed by atoms with Gasteiger partial charge in [0.15, 0.2) is 0 Å². The van der Waals surface area contributed by atoms with Crippen LogP contribution in [0.1, 0.15) is 47.0 Å². The predicted octanol–water partition coefficient (Wildman–Crippen LogP) is 2.31. The zero-order valence-electron chi connectivity index (χ0n) is 12.8. The number of carbonyl (C=O) groups excluding carboxylic acids is 2. The summed E-state index contributed by atoms with van der Waals surface area (Å²) in [6.45, 7) is 8.34. The molecule has 1 atom stereocenters. The Bertz CT molecular complexity index is 344. The van der Waals surface area contributed by atoms with E-state index in [-0.39, 0.29) is 6.10 Å². The summed E-state index contributed by atoms with van der Waals surface area (Å²) in [5.41, 5.74) is -1.33. The van der Waals surface area contributed by atoms with Gasteiger partial charge in [0.25, 0.3) is 0 Å². The molecule has 0 bridgehead atoms. The van der Waals surface area contributed by atoms with Gasteiger partial charge >= 0.3 is 12.1 Å². The van der Waals surface area contributed by atoms with Crippen molar-refractivity contribution in [3.63, 3.8) is 0 Å². The minimum Gasteiger partial charge on any atom is -0.459 e. The van der Waals surface area contributed by atoms with E-state index in [9.17, 15) is 9.59 Å². The summed E-state index contributed by atoms with van der Waals surface area (Å²) in [5, 5.41) is 0. The summed E-state index contributed by atoms with van der Waals surface area (Å²) in [4.78, 5) is 25.8. The third-order valence-corrected chi connectivity index (χ3v) is 3.03. The Hall–Kier alpha value is -1.30.